The molecule has 122 valence electrons. The number of hydrogen-bond donors (Lipinski definition) is 6. The van der Waals surface area contributed by atoms with Crippen molar-refractivity contribution in [1.29, 1.82) is 0 Å². The van der Waals surface area contributed by atoms with Gasteiger partial charge in [0.1, 0.15) is 17.6 Å². The van der Waals surface area contributed by atoms with Crippen molar-refractivity contribution in [3.05, 3.63) is 25.3 Å². The van der Waals surface area contributed by atoms with Gasteiger partial charge in [0.05, 0.1) is 6.61 Å². The number of aliphatic hydroxyl groups excluding tert-OH is 1. The molecule has 0 saturated carbocycles. The van der Waals surface area contributed by atoms with Gasteiger partial charge in [-0.2, -0.15) is 0 Å². The van der Waals surface area contributed by atoms with Crippen LogP contribution in [0.3, 0.4) is 0 Å². The third-order valence-electron chi connectivity index (χ3n) is 2.54. The smallest absolute Gasteiger partial charge is 0.346 e. The van der Waals surface area contributed by atoms with Crippen LogP contribution in [0.5, 0.6) is 0 Å². The number of carbonyl (C=O) groups is 1. The van der Waals surface area contributed by atoms with E-state index in [0.29, 0.717) is 17.1 Å². The molecule has 0 aromatic heterocycles. The number of rotatable bonds is 9. The highest BCUT2D eigenvalue weighted by Gasteiger charge is 2.47. The predicted molar refractivity (Wildman–Crippen MR) is 72.4 cm³/mol. The van der Waals surface area contributed by atoms with Gasteiger partial charge in [0.25, 0.3) is 0 Å². The molecule has 3 atom stereocenters. The number of hydrogen-bond acceptors (Lipinski definition) is 5. The third-order valence-corrected chi connectivity index (χ3v) is 4.87. The number of aliphatic hydroxyl groups is 1. The Hall–Kier alpha value is -0.830. The normalized spacial score (nSPS) is 17.0. The zero-order valence-electron chi connectivity index (χ0n) is 10.8. The minimum Gasteiger partial charge on any atom is -0.480 e. The van der Waals surface area contributed by atoms with Crippen LogP contribution in [0.25, 0.3) is 0 Å². The quantitative estimate of drug-likeness (QED) is 0.227. The number of carboxylic acids is 1. The lowest BCUT2D eigenvalue weighted by molar-refractivity contribution is -0.145. The van der Waals surface area contributed by atoms with Crippen LogP contribution >= 0.6 is 15.2 Å². The van der Waals surface area contributed by atoms with E-state index in [-0.39, 0.29) is 0 Å². The summed E-state index contributed by atoms with van der Waals surface area (Å²) in [6.07, 6.45) is 1.30. The summed E-state index contributed by atoms with van der Waals surface area (Å²) in [6.45, 7) is 5.12. The van der Waals surface area contributed by atoms with Crippen LogP contribution in [-0.4, -0.2) is 64.9 Å². The first-order chi connectivity index (χ1) is 9.41. The molecule has 0 saturated heterocycles. The topological polar surface area (TPSA) is 176 Å². The van der Waals surface area contributed by atoms with E-state index in [1.54, 1.807) is 0 Å². The maximum atomic E-state index is 11.4. The van der Waals surface area contributed by atoms with Gasteiger partial charge >= 0.3 is 21.2 Å². The summed E-state index contributed by atoms with van der Waals surface area (Å²) >= 11 is 0. The second kappa shape index (κ2) is 7.44. The largest absolute Gasteiger partial charge is 0.480 e. The van der Waals surface area contributed by atoms with E-state index >= 15 is 0 Å². The molecule has 12 heteroatoms. The van der Waals surface area contributed by atoms with E-state index < -0.39 is 45.4 Å². The van der Waals surface area contributed by atoms with Gasteiger partial charge in [0.2, 0.25) is 0 Å². The second-order valence-electron chi connectivity index (χ2n) is 3.96. The minimum absolute atomic E-state index is 0.296. The molecule has 0 radical (unpaired) electrons. The molecule has 0 aromatic carbocycles. The fourth-order valence-corrected chi connectivity index (χ4v) is 3.65. The van der Waals surface area contributed by atoms with Crippen molar-refractivity contribution in [2.75, 3.05) is 6.61 Å². The van der Waals surface area contributed by atoms with Crippen molar-refractivity contribution in [1.82, 2.24) is 4.90 Å². The zero-order valence-corrected chi connectivity index (χ0v) is 12.5. The van der Waals surface area contributed by atoms with Crippen LogP contribution in [0.4, 0.5) is 0 Å². The standard InChI is InChI=1S/C9H17NO9P2/c1-3-7(20(14,15)16)10(6(5-11)9(12)13)8(4-2)21(17,18)19/h3-4,6-8,11H,1-2,5H2,(H,12,13)(H2,14,15,16)(H2,17,18,19)/t6-,7?,8?/m0/s1. The maximum absolute atomic E-state index is 11.4. The van der Waals surface area contributed by atoms with E-state index in [2.05, 4.69) is 13.2 Å². The Balaban J connectivity index is 6.17. The van der Waals surface area contributed by atoms with Gasteiger partial charge in [-0.1, -0.05) is 12.2 Å². The van der Waals surface area contributed by atoms with E-state index in [4.69, 9.17) is 10.2 Å². The number of carboxylic acid groups (broad SMARTS) is 1. The Kier molecular flexibility index (Phi) is 7.14. The van der Waals surface area contributed by atoms with Crippen LogP contribution < -0.4 is 0 Å². The van der Waals surface area contributed by atoms with Gasteiger partial charge in [0, 0.05) is 0 Å². The van der Waals surface area contributed by atoms with Gasteiger partial charge in [-0.05, 0) is 0 Å². The van der Waals surface area contributed by atoms with Crippen LogP contribution in [0, 0.1) is 0 Å². The highest BCUT2D eigenvalue weighted by atomic mass is 31.2. The van der Waals surface area contributed by atoms with E-state index in [1.807, 2.05) is 0 Å². The molecule has 0 aliphatic rings. The molecule has 6 N–H and O–H groups in total. The fraction of sp³-hybridized carbons (Fsp3) is 0.444. The van der Waals surface area contributed by atoms with Gasteiger partial charge in [-0.15, -0.1) is 13.2 Å². The van der Waals surface area contributed by atoms with Gasteiger partial charge in [-0.25, -0.2) is 0 Å². The molecule has 21 heavy (non-hydrogen) atoms. The van der Waals surface area contributed by atoms with E-state index in [1.165, 1.54) is 0 Å². The number of aliphatic carboxylic acids is 1. The molecule has 0 aliphatic heterocycles. The Bertz CT molecular complexity index is 461. The lowest BCUT2D eigenvalue weighted by atomic mass is 10.2. The van der Waals surface area contributed by atoms with Gasteiger partial charge < -0.3 is 29.8 Å². The summed E-state index contributed by atoms with van der Waals surface area (Å²) in [5.41, 5.74) is 0. The van der Waals surface area contributed by atoms with Crippen LogP contribution in [0.2, 0.25) is 0 Å². The average molecular weight is 345 g/mol. The molecule has 0 aromatic rings. The Morgan fingerprint density at radius 2 is 1.38 bits per heavy atom. The van der Waals surface area contributed by atoms with Crippen molar-refractivity contribution < 1.29 is 43.7 Å². The molecular weight excluding hydrogens is 328 g/mol. The first-order valence-corrected chi connectivity index (χ1v) is 8.74. The molecule has 0 heterocycles. The summed E-state index contributed by atoms with van der Waals surface area (Å²) in [4.78, 5) is 48.3. The summed E-state index contributed by atoms with van der Waals surface area (Å²) in [5.74, 6) is -5.78. The first-order valence-electron chi connectivity index (χ1n) is 5.38. The van der Waals surface area contributed by atoms with Crippen molar-refractivity contribution in [2.45, 2.75) is 17.6 Å². The summed E-state index contributed by atoms with van der Waals surface area (Å²) in [5, 5.41) is 18.1. The van der Waals surface area contributed by atoms with Gasteiger partial charge in [0.15, 0.2) is 0 Å². The summed E-state index contributed by atoms with van der Waals surface area (Å²) in [6, 6.07) is -1.98. The molecule has 0 fully saturated rings. The fourth-order valence-electron chi connectivity index (χ4n) is 1.69. The molecule has 0 spiro atoms. The minimum atomic E-state index is -5.03. The molecule has 0 rings (SSSR count). The van der Waals surface area contributed by atoms with Crippen molar-refractivity contribution in [2.24, 2.45) is 0 Å². The van der Waals surface area contributed by atoms with E-state index in [0.717, 1.165) is 0 Å². The third kappa shape index (κ3) is 5.14. The molecule has 10 nitrogen and oxygen atoms in total. The van der Waals surface area contributed by atoms with Gasteiger partial charge in [-0.3, -0.25) is 18.8 Å². The lowest BCUT2D eigenvalue weighted by Gasteiger charge is -2.38. The van der Waals surface area contributed by atoms with Crippen molar-refractivity contribution in [3.63, 3.8) is 0 Å². The number of nitrogens with zero attached hydrogens (tertiary/aromatic N) is 1. The Labute approximate surface area is 120 Å². The average Bonchev–Trinajstić information content (AvgIpc) is 2.26. The molecule has 0 bridgehead atoms. The monoisotopic (exact) mass is 345 g/mol. The molecular formula is C9H17NO9P2. The SMILES string of the molecule is C=CC(N(C(C=C)P(=O)(O)O)[C@@H](CO)C(=O)O)P(=O)(O)O. The van der Waals surface area contributed by atoms with E-state index in [9.17, 15) is 33.5 Å². The highest BCUT2D eigenvalue weighted by Crippen LogP contribution is 2.51. The molecule has 2 unspecified atom stereocenters. The van der Waals surface area contributed by atoms with Crippen LogP contribution in [0.15, 0.2) is 25.3 Å². The zero-order chi connectivity index (χ0) is 17.0. The lowest BCUT2D eigenvalue weighted by Crippen LogP contribution is -2.53. The van der Waals surface area contributed by atoms with Crippen molar-refractivity contribution >= 4 is 21.2 Å². The maximum Gasteiger partial charge on any atom is 0.346 e. The molecule has 0 aliphatic carbocycles. The highest BCUT2D eigenvalue weighted by molar-refractivity contribution is 7.53. The molecule has 0 amide bonds. The summed E-state index contributed by atoms with van der Waals surface area (Å²) in [7, 11) is -10.1. The van der Waals surface area contributed by atoms with Crippen LogP contribution in [-0.2, 0) is 13.9 Å². The second-order valence-corrected chi connectivity index (χ2v) is 7.38. The Morgan fingerprint density at radius 1 is 1.05 bits per heavy atom. The predicted octanol–water partition coefficient (Wildman–Crippen LogP) is -0.887. The first kappa shape index (κ1) is 20.2. The Morgan fingerprint density at radius 3 is 1.52 bits per heavy atom. The summed E-state index contributed by atoms with van der Waals surface area (Å²) < 4.78 is 22.8. The van der Waals surface area contributed by atoms with Crippen LogP contribution in [0.1, 0.15) is 0 Å². The van der Waals surface area contributed by atoms with Crippen molar-refractivity contribution in [3.8, 4) is 0 Å².